The van der Waals surface area contributed by atoms with E-state index in [0.29, 0.717) is 30.9 Å². The van der Waals surface area contributed by atoms with Crippen molar-refractivity contribution in [1.82, 2.24) is 4.90 Å². The molecule has 1 saturated heterocycles. The Kier molecular flexibility index (Phi) is 8.28. The van der Waals surface area contributed by atoms with E-state index in [0.717, 1.165) is 18.1 Å². The lowest BCUT2D eigenvalue weighted by Crippen LogP contribution is -2.74. The molecule has 1 aromatic carbocycles. The number of hydrogen-bond donors (Lipinski definition) is 5. The molecule has 2 aliphatic carbocycles. The molecule has 16 nitrogen and oxygen atoms in total. The minimum absolute atomic E-state index is 0.0474. The van der Waals surface area contributed by atoms with Crippen LogP contribution in [0, 0.1) is 0 Å². The largest absolute Gasteiger partial charge is 0.493 e. The van der Waals surface area contributed by atoms with Gasteiger partial charge >= 0.3 is 29.8 Å². The number of carboxylic acids is 2. The van der Waals surface area contributed by atoms with Crippen LogP contribution in [0.2, 0.25) is 0 Å². The van der Waals surface area contributed by atoms with Crippen molar-refractivity contribution in [2.45, 2.75) is 80.2 Å². The van der Waals surface area contributed by atoms with Crippen molar-refractivity contribution in [1.29, 1.82) is 0 Å². The second-order valence-corrected chi connectivity index (χ2v) is 11.5. The van der Waals surface area contributed by atoms with Gasteiger partial charge in [0.2, 0.25) is 6.10 Å². The summed E-state index contributed by atoms with van der Waals surface area (Å²) in [5.41, 5.74) is -0.620. The molecule has 5 rings (SSSR count). The molecule has 0 unspecified atom stereocenters. The van der Waals surface area contributed by atoms with Crippen molar-refractivity contribution in [3.63, 3.8) is 0 Å². The predicted molar refractivity (Wildman–Crippen MR) is 145 cm³/mol. The molecule has 2 bridgehead atoms. The van der Waals surface area contributed by atoms with Gasteiger partial charge in [0.25, 0.3) is 0 Å². The molecule has 2 aliphatic heterocycles. The molecule has 0 aromatic heterocycles. The maximum atomic E-state index is 13.0. The lowest BCUT2D eigenvalue weighted by molar-refractivity contribution is -0.186. The molecular weight excluding hydrogens is 602 g/mol. The fourth-order valence-electron chi connectivity index (χ4n) is 6.89. The summed E-state index contributed by atoms with van der Waals surface area (Å²) in [4.78, 5) is 61.6. The van der Waals surface area contributed by atoms with Crippen LogP contribution in [0.3, 0.4) is 0 Å². The van der Waals surface area contributed by atoms with E-state index in [1.807, 2.05) is 13.1 Å². The smallest absolute Gasteiger partial charge is 0.348 e. The van der Waals surface area contributed by atoms with Crippen LogP contribution in [0.4, 0.5) is 0 Å². The molecule has 0 radical (unpaired) electrons. The van der Waals surface area contributed by atoms with Gasteiger partial charge < -0.3 is 54.1 Å². The number of likely N-dealkylation sites (tertiary alicyclic amines) is 1. The van der Waals surface area contributed by atoms with Gasteiger partial charge in [-0.2, -0.15) is 0 Å². The van der Waals surface area contributed by atoms with Crippen molar-refractivity contribution in [3.8, 4) is 11.5 Å². The Labute approximate surface area is 255 Å². The highest BCUT2D eigenvalue weighted by Crippen LogP contribution is 2.65. The van der Waals surface area contributed by atoms with Gasteiger partial charge in [0.15, 0.2) is 35.9 Å². The molecule has 1 fully saturated rings. The topological polar surface area (TPSA) is 236 Å². The molecule has 1 aromatic rings. The molecule has 16 heteroatoms. The fraction of sp³-hybridized carbons (Fsp3) is 0.552. The minimum Gasteiger partial charge on any atom is -0.493 e. The number of likely N-dealkylation sites (N-methyl/N-ethyl adjacent to an activating group) is 1. The van der Waals surface area contributed by atoms with E-state index < -0.39 is 77.8 Å². The number of carboxylic acid groups (broad SMARTS) is 2. The number of aliphatic carboxylic acids is 2. The van der Waals surface area contributed by atoms with Gasteiger partial charge in [0, 0.05) is 18.0 Å². The van der Waals surface area contributed by atoms with Crippen molar-refractivity contribution < 1.29 is 73.2 Å². The van der Waals surface area contributed by atoms with Crippen molar-refractivity contribution in [2.24, 2.45) is 0 Å². The monoisotopic (exact) mass is 635 g/mol. The summed E-state index contributed by atoms with van der Waals surface area (Å²) >= 11 is 0. The second-order valence-electron chi connectivity index (χ2n) is 11.5. The maximum absolute atomic E-state index is 13.0. The fourth-order valence-corrected chi connectivity index (χ4v) is 6.89. The molecule has 8 atom stereocenters. The molecule has 1 spiro atoms. The average Bonchev–Trinajstić information content (AvgIpc) is 3.34. The molecule has 4 aliphatic rings. The number of benzene rings is 1. The van der Waals surface area contributed by atoms with Gasteiger partial charge in [0.05, 0.1) is 24.5 Å². The van der Waals surface area contributed by atoms with Crippen molar-refractivity contribution >= 4 is 29.8 Å². The van der Waals surface area contributed by atoms with Gasteiger partial charge in [-0.25, -0.2) is 19.2 Å². The first-order chi connectivity index (χ1) is 21.2. The van der Waals surface area contributed by atoms with Crippen LogP contribution >= 0.6 is 0 Å². The third kappa shape index (κ3) is 5.07. The summed E-state index contributed by atoms with van der Waals surface area (Å²) in [6.45, 7) is 1.54. The molecule has 45 heavy (non-hydrogen) atoms. The highest BCUT2D eigenvalue weighted by Gasteiger charge is 2.72. The Balaban J connectivity index is 1.31. The Morgan fingerprint density at radius 1 is 1.07 bits per heavy atom. The van der Waals surface area contributed by atoms with Gasteiger partial charge in [-0.1, -0.05) is 6.07 Å². The summed E-state index contributed by atoms with van der Waals surface area (Å²) in [6.07, 6.45) is -8.51. The Hall–Kier alpha value is -4.25. The number of carbonyl (C=O) groups is 5. The first kappa shape index (κ1) is 32.2. The number of nitrogens with zero attached hydrogens (tertiary/aromatic N) is 1. The van der Waals surface area contributed by atoms with Crippen LogP contribution < -0.4 is 9.47 Å². The predicted octanol–water partition coefficient (Wildman–Crippen LogP) is -1.36. The van der Waals surface area contributed by atoms with Gasteiger partial charge in [0.1, 0.15) is 5.76 Å². The van der Waals surface area contributed by atoms with Gasteiger partial charge in [-0.15, -0.1) is 0 Å². The summed E-state index contributed by atoms with van der Waals surface area (Å²) in [6, 6.07) is 3.40. The van der Waals surface area contributed by atoms with Crippen molar-refractivity contribution in [2.75, 3.05) is 20.7 Å². The lowest BCUT2D eigenvalue weighted by atomic mass is 9.50. The lowest BCUT2D eigenvalue weighted by Gasteiger charge is -2.61. The normalized spacial score (nSPS) is 28.6. The molecule has 244 valence electrons. The first-order valence-corrected chi connectivity index (χ1v) is 14.1. The standard InChI is InChI=1S/C29H33NO15/c1-12(25(37)44-16(24(35)36)11-18(31)32)42-26(38)20(33)21(34)27(39)43-15-6-7-29(40)17-10-13-4-5-14(41-3)22-19(13)28(29,23(15)45-22)8-9-30(17)2/h4-6,12,16-17,20-21,23,33-34,40H,7-11H2,1-3H3,(H,31,32)(H,35,36)/t12-,16-,17-,20+,21+,23-,28-,29+/m0/s1. The zero-order valence-electron chi connectivity index (χ0n) is 24.5. The van der Waals surface area contributed by atoms with E-state index in [1.54, 1.807) is 6.07 Å². The Bertz CT molecular complexity index is 1470. The number of rotatable bonds is 11. The maximum Gasteiger partial charge on any atom is 0.348 e. The SMILES string of the molecule is COc1ccc2c3c1O[C@H]1C(OC(=O)[C@H](O)[C@@H](O)C(=O)O[C@@H](C)C(=O)O[C@@H](CC(=O)O)C(=O)O)=CC[C@@]4(O)[C@H](C2)N(C)CC[C@]314. The number of methoxy groups -OCH3 is 1. The number of hydrogen-bond acceptors (Lipinski definition) is 14. The number of ether oxygens (including phenoxy) is 5. The average molecular weight is 636 g/mol. The highest BCUT2D eigenvalue weighted by atomic mass is 16.6. The Morgan fingerprint density at radius 3 is 2.40 bits per heavy atom. The molecule has 2 heterocycles. The molecule has 0 saturated carbocycles. The van der Waals surface area contributed by atoms with E-state index in [9.17, 15) is 39.3 Å². The zero-order valence-corrected chi connectivity index (χ0v) is 24.5. The highest BCUT2D eigenvalue weighted by molar-refractivity contribution is 5.88. The molecule has 5 N–H and O–H groups in total. The van der Waals surface area contributed by atoms with Crippen LogP contribution in [0.15, 0.2) is 24.0 Å². The number of aliphatic hydroxyl groups is 3. The van der Waals surface area contributed by atoms with Crippen LogP contribution in [-0.2, 0) is 50.0 Å². The summed E-state index contributed by atoms with van der Waals surface area (Å²) in [5.74, 6) is -7.10. The zero-order chi connectivity index (χ0) is 33.0. The quantitative estimate of drug-likeness (QED) is 0.139. The van der Waals surface area contributed by atoms with E-state index in [1.165, 1.54) is 13.2 Å². The summed E-state index contributed by atoms with van der Waals surface area (Å²) < 4.78 is 26.6. The minimum atomic E-state index is -2.54. The summed E-state index contributed by atoms with van der Waals surface area (Å²) in [7, 11) is 3.40. The Morgan fingerprint density at radius 2 is 1.76 bits per heavy atom. The van der Waals surface area contributed by atoms with Crippen molar-refractivity contribution in [3.05, 3.63) is 35.1 Å². The number of piperidine rings is 1. The van der Waals surface area contributed by atoms with Crippen LogP contribution in [0.1, 0.15) is 37.3 Å². The number of aliphatic hydroxyl groups excluding tert-OH is 2. The van der Waals surface area contributed by atoms with Crippen LogP contribution in [0.5, 0.6) is 11.5 Å². The van der Waals surface area contributed by atoms with E-state index in [4.69, 9.17) is 29.2 Å². The van der Waals surface area contributed by atoms with Crippen LogP contribution in [0.25, 0.3) is 0 Å². The van der Waals surface area contributed by atoms with Gasteiger partial charge in [-0.05, 0) is 51.1 Å². The third-order valence-corrected chi connectivity index (χ3v) is 9.08. The van der Waals surface area contributed by atoms with E-state index in [2.05, 4.69) is 9.64 Å². The second kappa shape index (κ2) is 11.6. The van der Waals surface area contributed by atoms with Gasteiger partial charge in [-0.3, -0.25) is 4.79 Å². The number of carbonyl (C=O) groups excluding carboxylic acids is 3. The first-order valence-electron chi connectivity index (χ1n) is 14.1. The molecular formula is C29H33NO15. The summed E-state index contributed by atoms with van der Waals surface area (Å²) in [5, 5.41) is 50.9. The molecule has 0 amide bonds. The van der Waals surface area contributed by atoms with Crippen LogP contribution in [-0.4, -0.2) is 123 Å². The van der Waals surface area contributed by atoms with E-state index in [-0.39, 0.29) is 18.2 Å². The van der Waals surface area contributed by atoms with E-state index >= 15 is 0 Å². The number of esters is 3. The third-order valence-electron chi connectivity index (χ3n) is 9.08.